The van der Waals surface area contributed by atoms with Crippen molar-refractivity contribution in [1.82, 2.24) is 5.48 Å². The molecule has 1 unspecified atom stereocenters. The smallest absolute Gasteiger partial charge is 0.324 e. The van der Waals surface area contributed by atoms with Gasteiger partial charge in [-0.1, -0.05) is 18.2 Å². The summed E-state index contributed by atoms with van der Waals surface area (Å²) in [5, 5.41) is 2.66. The van der Waals surface area contributed by atoms with E-state index < -0.39 is 24.7 Å². The number of alkyl halides is 3. The fourth-order valence-electron chi connectivity index (χ4n) is 1.85. The first-order valence-corrected chi connectivity index (χ1v) is 5.78. The van der Waals surface area contributed by atoms with Crippen LogP contribution in [0.2, 0.25) is 0 Å². The number of hydroxylamine groups is 1. The van der Waals surface area contributed by atoms with Gasteiger partial charge in [0, 0.05) is 5.69 Å². The van der Waals surface area contributed by atoms with Crippen LogP contribution in [-0.4, -0.2) is 24.7 Å². The predicted octanol–water partition coefficient (Wildman–Crippen LogP) is 2.02. The van der Waals surface area contributed by atoms with Gasteiger partial charge in [0.05, 0.1) is 0 Å². The Morgan fingerprint density at radius 1 is 1.37 bits per heavy atom. The van der Waals surface area contributed by atoms with Crippen molar-refractivity contribution in [3.63, 3.8) is 0 Å². The summed E-state index contributed by atoms with van der Waals surface area (Å²) in [4.78, 5) is 16.1. The summed E-state index contributed by atoms with van der Waals surface area (Å²) in [5.41, 5.74) is 3.81. The zero-order valence-electron chi connectivity index (χ0n) is 9.96. The second-order valence-electron chi connectivity index (χ2n) is 4.26. The molecule has 1 aliphatic heterocycles. The van der Waals surface area contributed by atoms with Gasteiger partial charge in [0.2, 0.25) is 5.91 Å². The van der Waals surface area contributed by atoms with Crippen molar-refractivity contribution in [3.05, 3.63) is 29.8 Å². The van der Waals surface area contributed by atoms with Crippen molar-refractivity contribution in [3.8, 4) is 0 Å². The fraction of sp³-hybridized carbons (Fsp3) is 0.417. The molecule has 1 aliphatic rings. The van der Waals surface area contributed by atoms with Gasteiger partial charge in [-0.2, -0.15) is 18.7 Å². The van der Waals surface area contributed by atoms with E-state index in [4.69, 9.17) is 0 Å². The Bertz CT molecular complexity index is 463. The number of anilines is 1. The largest absolute Gasteiger partial charge is 0.413 e. The molecule has 1 aromatic carbocycles. The average Bonchev–Trinajstić information content (AvgIpc) is 2.48. The summed E-state index contributed by atoms with van der Waals surface area (Å²) in [5.74, 6) is -0.396. The summed E-state index contributed by atoms with van der Waals surface area (Å²) < 4.78 is 35.8. The van der Waals surface area contributed by atoms with E-state index in [2.05, 4.69) is 15.6 Å². The molecular weight excluding hydrogens is 261 g/mol. The lowest BCUT2D eigenvalue weighted by molar-refractivity contribution is -0.193. The van der Waals surface area contributed by atoms with Gasteiger partial charge < -0.3 is 5.32 Å². The quantitative estimate of drug-likeness (QED) is 0.829. The van der Waals surface area contributed by atoms with E-state index in [0.717, 1.165) is 5.56 Å². The maximum Gasteiger partial charge on any atom is 0.413 e. The molecular formula is C12H13F3N2O2. The first-order chi connectivity index (χ1) is 8.96. The number of halogens is 3. The van der Waals surface area contributed by atoms with Gasteiger partial charge in [-0.05, 0) is 24.5 Å². The Hall–Kier alpha value is -1.60. The molecule has 4 nitrogen and oxygen atoms in total. The Labute approximate surface area is 107 Å². The number of hydrogen-bond donors (Lipinski definition) is 2. The van der Waals surface area contributed by atoms with E-state index in [-0.39, 0.29) is 0 Å². The number of fused-ring (bicyclic) bond motifs is 1. The molecule has 2 rings (SSSR count). The van der Waals surface area contributed by atoms with E-state index in [1.807, 2.05) is 12.1 Å². The minimum absolute atomic E-state index is 0.376. The third-order valence-electron chi connectivity index (χ3n) is 2.76. The zero-order valence-corrected chi connectivity index (χ0v) is 9.96. The summed E-state index contributed by atoms with van der Waals surface area (Å²) in [6.45, 7) is -1.43. The van der Waals surface area contributed by atoms with E-state index in [1.165, 1.54) is 0 Å². The van der Waals surface area contributed by atoms with Crippen molar-refractivity contribution >= 4 is 11.6 Å². The lowest BCUT2D eigenvalue weighted by atomic mass is 10.1. The highest BCUT2D eigenvalue weighted by Crippen LogP contribution is 2.21. The predicted molar refractivity (Wildman–Crippen MR) is 62.3 cm³/mol. The van der Waals surface area contributed by atoms with Gasteiger partial charge in [0.1, 0.15) is 6.04 Å². The Morgan fingerprint density at radius 3 is 2.84 bits per heavy atom. The average molecular weight is 274 g/mol. The first-order valence-electron chi connectivity index (χ1n) is 5.78. The van der Waals surface area contributed by atoms with Crippen LogP contribution in [0.15, 0.2) is 24.3 Å². The molecule has 104 valence electrons. The Balaban J connectivity index is 1.93. The highest BCUT2D eigenvalue weighted by Gasteiger charge is 2.30. The van der Waals surface area contributed by atoms with E-state index in [9.17, 15) is 18.0 Å². The van der Waals surface area contributed by atoms with Crippen LogP contribution in [0, 0.1) is 0 Å². The molecule has 1 amide bonds. The summed E-state index contributed by atoms with van der Waals surface area (Å²) in [6.07, 6.45) is -3.46. The van der Waals surface area contributed by atoms with Crippen LogP contribution in [0.5, 0.6) is 0 Å². The molecule has 2 N–H and O–H groups in total. The second-order valence-corrected chi connectivity index (χ2v) is 4.26. The van der Waals surface area contributed by atoms with Crippen LogP contribution in [0.3, 0.4) is 0 Å². The summed E-state index contributed by atoms with van der Waals surface area (Å²) in [7, 11) is 0. The molecule has 1 heterocycles. The minimum Gasteiger partial charge on any atom is -0.324 e. The van der Waals surface area contributed by atoms with Crippen LogP contribution in [-0.2, 0) is 16.1 Å². The summed E-state index contributed by atoms with van der Waals surface area (Å²) >= 11 is 0. The Morgan fingerprint density at radius 2 is 2.11 bits per heavy atom. The maximum atomic E-state index is 11.9. The molecule has 0 spiro atoms. The van der Waals surface area contributed by atoms with Crippen molar-refractivity contribution in [2.24, 2.45) is 0 Å². The maximum absolute atomic E-state index is 11.9. The highest BCUT2D eigenvalue weighted by molar-refractivity contribution is 5.96. The molecule has 19 heavy (non-hydrogen) atoms. The molecule has 0 fully saturated rings. The third-order valence-corrected chi connectivity index (χ3v) is 2.76. The van der Waals surface area contributed by atoms with Crippen LogP contribution in [0.25, 0.3) is 0 Å². The number of para-hydroxylation sites is 1. The number of carbonyl (C=O) groups is 1. The minimum atomic E-state index is -4.42. The van der Waals surface area contributed by atoms with Crippen LogP contribution < -0.4 is 10.8 Å². The molecule has 0 saturated heterocycles. The molecule has 0 aliphatic carbocycles. The Kier molecular flexibility index (Phi) is 4.06. The van der Waals surface area contributed by atoms with E-state index in [1.54, 1.807) is 12.1 Å². The van der Waals surface area contributed by atoms with Crippen molar-refractivity contribution in [1.29, 1.82) is 0 Å². The highest BCUT2D eigenvalue weighted by atomic mass is 19.4. The number of benzene rings is 1. The van der Waals surface area contributed by atoms with Gasteiger partial charge >= 0.3 is 6.18 Å². The molecule has 7 heteroatoms. The van der Waals surface area contributed by atoms with Crippen molar-refractivity contribution in [2.75, 3.05) is 11.9 Å². The SMILES string of the molecule is O=C1Nc2ccccc2CCC1NOCC(F)(F)F. The molecule has 1 atom stereocenters. The van der Waals surface area contributed by atoms with Crippen LogP contribution >= 0.6 is 0 Å². The molecule has 0 bridgehead atoms. The van der Waals surface area contributed by atoms with Crippen LogP contribution in [0.4, 0.5) is 18.9 Å². The molecule has 0 radical (unpaired) electrons. The lowest BCUT2D eigenvalue weighted by Crippen LogP contribution is -2.41. The van der Waals surface area contributed by atoms with Gasteiger partial charge in [0.15, 0.2) is 6.61 Å². The number of carbonyl (C=O) groups excluding carboxylic acids is 1. The van der Waals surface area contributed by atoms with Crippen molar-refractivity contribution < 1.29 is 22.8 Å². The van der Waals surface area contributed by atoms with Gasteiger partial charge in [-0.25, -0.2) is 0 Å². The van der Waals surface area contributed by atoms with Gasteiger partial charge in [-0.15, -0.1) is 0 Å². The van der Waals surface area contributed by atoms with E-state index >= 15 is 0 Å². The standard InChI is InChI=1S/C12H13F3N2O2/c13-12(14,15)7-19-17-10-6-5-8-3-1-2-4-9(8)16-11(10)18/h1-4,10,17H,5-7H2,(H,16,18). The topological polar surface area (TPSA) is 50.4 Å². The number of rotatable bonds is 3. The first kappa shape index (κ1) is 13.8. The van der Waals surface area contributed by atoms with E-state index in [0.29, 0.717) is 18.5 Å². The monoisotopic (exact) mass is 274 g/mol. The van der Waals surface area contributed by atoms with Gasteiger partial charge in [-0.3, -0.25) is 9.63 Å². The lowest BCUT2D eigenvalue weighted by Gasteiger charge is -2.15. The summed E-state index contributed by atoms with van der Waals surface area (Å²) in [6, 6.07) is 6.46. The molecule has 1 aromatic rings. The fourth-order valence-corrected chi connectivity index (χ4v) is 1.85. The molecule has 0 saturated carbocycles. The van der Waals surface area contributed by atoms with Gasteiger partial charge in [0.25, 0.3) is 0 Å². The number of nitrogens with one attached hydrogen (secondary N) is 2. The number of hydrogen-bond acceptors (Lipinski definition) is 3. The third kappa shape index (κ3) is 3.93. The zero-order chi connectivity index (χ0) is 13.9. The second kappa shape index (κ2) is 5.58. The van der Waals surface area contributed by atoms with Crippen LogP contribution in [0.1, 0.15) is 12.0 Å². The number of aryl methyl sites for hydroxylation is 1. The van der Waals surface area contributed by atoms with Crippen molar-refractivity contribution in [2.45, 2.75) is 25.1 Å². The normalized spacial score (nSPS) is 19.5. The molecule has 0 aromatic heterocycles. The number of amides is 1.